The molecule has 24 heavy (non-hydrogen) atoms. The average molecular weight is 378 g/mol. The second-order valence-corrected chi connectivity index (χ2v) is 6.42. The van der Waals surface area contributed by atoms with Gasteiger partial charge >= 0.3 is 0 Å². The fourth-order valence-corrected chi connectivity index (χ4v) is 3.75. The number of hydrogen-bond donors (Lipinski definition) is 1. The lowest BCUT2D eigenvalue weighted by atomic mass is 9.84. The van der Waals surface area contributed by atoms with Crippen LogP contribution in [-0.2, 0) is 4.79 Å². The Hall–Kier alpha value is -1.04. The second-order valence-electron chi connectivity index (χ2n) is 6.42. The van der Waals surface area contributed by atoms with Crippen molar-refractivity contribution in [2.45, 2.75) is 25.7 Å². The Bertz CT molecular complexity index is 544. The molecule has 0 aromatic heterocycles. The molecular weight excluding hydrogens is 352 g/mol. The summed E-state index contributed by atoms with van der Waals surface area (Å²) in [5.41, 5.74) is 6.20. The topological polar surface area (TPSA) is 49.6 Å². The molecule has 2 N–H and O–H groups in total. The van der Waals surface area contributed by atoms with Crippen LogP contribution < -0.4 is 10.6 Å². The van der Waals surface area contributed by atoms with Gasteiger partial charge in [0, 0.05) is 32.7 Å². The molecule has 2 fully saturated rings. The fraction of sp³-hybridized carbons (Fsp3) is 0.588. The highest BCUT2D eigenvalue weighted by atomic mass is 35.5. The minimum atomic E-state index is -0.333. The smallest absolute Gasteiger partial charge is 0.230 e. The fourth-order valence-electron chi connectivity index (χ4n) is 3.75. The molecule has 7 heteroatoms. The Balaban J connectivity index is 0.00000144. The van der Waals surface area contributed by atoms with E-state index in [2.05, 4.69) is 0 Å². The standard InChI is InChI=1S/C17H24FN3O.2ClH/c18-14-5-1-2-6-15(14)20-9-11-21(12-10-20)16(22)17(13-19)7-3-4-8-17;;/h1-2,5-6H,3-4,7-13,19H2;2*1H. The Labute approximate surface area is 155 Å². The molecule has 1 aromatic rings. The second kappa shape index (κ2) is 8.88. The number of benzene rings is 1. The molecule has 1 aromatic carbocycles. The lowest BCUT2D eigenvalue weighted by Crippen LogP contribution is -2.54. The molecule has 136 valence electrons. The van der Waals surface area contributed by atoms with Crippen LogP contribution in [-0.4, -0.2) is 43.5 Å². The zero-order valence-electron chi connectivity index (χ0n) is 13.7. The SMILES string of the molecule is Cl.Cl.NCC1(C(=O)N2CCN(c3ccccc3F)CC2)CCCC1. The van der Waals surface area contributed by atoms with Crippen LogP contribution >= 0.6 is 24.8 Å². The van der Waals surface area contributed by atoms with Gasteiger partial charge in [-0.15, -0.1) is 24.8 Å². The molecule has 0 unspecified atom stereocenters. The number of halogens is 3. The Morgan fingerprint density at radius 3 is 2.21 bits per heavy atom. The number of nitrogens with zero attached hydrogens (tertiary/aromatic N) is 2. The highest BCUT2D eigenvalue weighted by Gasteiger charge is 2.42. The van der Waals surface area contributed by atoms with E-state index in [1.165, 1.54) is 6.07 Å². The van der Waals surface area contributed by atoms with Crippen molar-refractivity contribution in [2.24, 2.45) is 11.1 Å². The van der Waals surface area contributed by atoms with Crippen molar-refractivity contribution in [1.82, 2.24) is 4.90 Å². The Morgan fingerprint density at radius 2 is 1.67 bits per heavy atom. The lowest BCUT2D eigenvalue weighted by molar-refractivity contribution is -0.141. The number of carbonyl (C=O) groups excluding carboxylic acids is 1. The van der Waals surface area contributed by atoms with Gasteiger partial charge in [0.25, 0.3) is 0 Å². The van der Waals surface area contributed by atoms with Crippen molar-refractivity contribution < 1.29 is 9.18 Å². The molecule has 1 amide bonds. The zero-order valence-corrected chi connectivity index (χ0v) is 15.4. The maximum absolute atomic E-state index is 13.9. The molecule has 1 aliphatic heterocycles. The maximum atomic E-state index is 13.9. The van der Waals surface area contributed by atoms with Gasteiger partial charge in [-0.25, -0.2) is 4.39 Å². The minimum Gasteiger partial charge on any atom is -0.366 e. The molecule has 1 heterocycles. The van der Waals surface area contributed by atoms with Crippen LogP contribution in [0, 0.1) is 11.2 Å². The summed E-state index contributed by atoms with van der Waals surface area (Å²) in [5.74, 6) is 0.0113. The molecule has 1 saturated carbocycles. The number of anilines is 1. The summed E-state index contributed by atoms with van der Waals surface area (Å²) in [6.07, 6.45) is 4.02. The molecule has 3 rings (SSSR count). The van der Waals surface area contributed by atoms with Gasteiger partial charge in [0.1, 0.15) is 5.82 Å². The van der Waals surface area contributed by atoms with E-state index in [1.807, 2.05) is 15.9 Å². The number of nitrogens with two attached hydrogens (primary N) is 1. The molecule has 1 aliphatic carbocycles. The number of hydrogen-bond acceptors (Lipinski definition) is 3. The van der Waals surface area contributed by atoms with Gasteiger partial charge in [-0.05, 0) is 25.0 Å². The molecule has 0 bridgehead atoms. The third-order valence-electron chi connectivity index (χ3n) is 5.17. The van der Waals surface area contributed by atoms with Crippen LogP contribution in [0.1, 0.15) is 25.7 Å². The third-order valence-corrected chi connectivity index (χ3v) is 5.17. The molecular formula is C17H26Cl2FN3O. The predicted molar refractivity (Wildman–Crippen MR) is 99.6 cm³/mol. The largest absolute Gasteiger partial charge is 0.366 e. The van der Waals surface area contributed by atoms with Gasteiger partial charge in [-0.3, -0.25) is 4.79 Å². The molecule has 0 radical (unpaired) electrons. The van der Waals surface area contributed by atoms with Crippen molar-refractivity contribution >= 4 is 36.4 Å². The van der Waals surface area contributed by atoms with E-state index < -0.39 is 0 Å². The zero-order chi connectivity index (χ0) is 15.6. The van der Waals surface area contributed by atoms with E-state index >= 15 is 0 Å². The normalized spacial score (nSPS) is 19.4. The van der Waals surface area contributed by atoms with E-state index in [-0.39, 0.29) is 42.0 Å². The van der Waals surface area contributed by atoms with Gasteiger partial charge in [-0.1, -0.05) is 25.0 Å². The highest BCUT2D eigenvalue weighted by molar-refractivity contribution is 5.85. The van der Waals surface area contributed by atoms with Crippen molar-refractivity contribution in [3.63, 3.8) is 0 Å². The summed E-state index contributed by atoms with van der Waals surface area (Å²) >= 11 is 0. The summed E-state index contributed by atoms with van der Waals surface area (Å²) in [6, 6.07) is 6.82. The van der Waals surface area contributed by atoms with Crippen molar-refractivity contribution in [3.05, 3.63) is 30.1 Å². The first-order valence-corrected chi connectivity index (χ1v) is 8.15. The third kappa shape index (κ3) is 3.95. The molecule has 1 saturated heterocycles. The molecule has 0 spiro atoms. The summed E-state index contributed by atoms with van der Waals surface area (Å²) in [6.45, 7) is 3.09. The summed E-state index contributed by atoms with van der Waals surface area (Å²) < 4.78 is 13.9. The Morgan fingerprint density at radius 1 is 1.08 bits per heavy atom. The van der Waals surface area contributed by atoms with E-state index in [0.29, 0.717) is 38.4 Å². The van der Waals surface area contributed by atoms with Gasteiger partial charge in [0.05, 0.1) is 11.1 Å². The number of rotatable bonds is 3. The van der Waals surface area contributed by atoms with E-state index in [1.54, 1.807) is 12.1 Å². The quantitative estimate of drug-likeness (QED) is 0.880. The first-order chi connectivity index (χ1) is 10.7. The molecule has 0 atom stereocenters. The van der Waals surface area contributed by atoms with Crippen LogP contribution in [0.4, 0.5) is 10.1 Å². The van der Waals surface area contributed by atoms with E-state index in [9.17, 15) is 9.18 Å². The molecule has 4 nitrogen and oxygen atoms in total. The van der Waals surface area contributed by atoms with Gasteiger partial charge in [0.2, 0.25) is 5.91 Å². The van der Waals surface area contributed by atoms with Crippen LogP contribution in [0.2, 0.25) is 0 Å². The van der Waals surface area contributed by atoms with Gasteiger partial charge < -0.3 is 15.5 Å². The van der Waals surface area contributed by atoms with Crippen molar-refractivity contribution in [3.8, 4) is 0 Å². The average Bonchev–Trinajstić information content (AvgIpc) is 3.05. The van der Waals surface area contributed by atoms with Crippen LogP contribution in [0.3, 0.4) is 0 Å². The monoisotopic (exact) mass is 377 g/mol. The number of piperazine rings is 1. The van der Waals surface area contributed by atoms with Gasteiger partial charge in [-0.2, -0.15) is 0 Å². The van der Waals surface area contributed by atoms with Crippen LogP contribution in [0.5, 0.6) is 0 Å². The maximum Gasteiger partial charge on any atom is 0.230 e. The summed E-state index contributed by atoms with van der Waals surface area (Å²) in [4.78, 5) is 16.8. The predicted octanol–water partition coefficient (Wildman–Crippen LogP) is 2.84. The minimum absolute atomic E-state index is 0. The lowest BCUT2D eigenvalue weighted by Gasteiger charge is -2.40. The first-order valence-electron chi connectivity index (χ1n) is 8.15. The van der Waals surface area contributed by atoms with Crippen LogP contribution in [0.25, 0.3) is 0 Å². The summed E-state index contributed by atoms with van der Waals surface area (Å²) in [5, 5.41) is 0. The number of carbonyl (C=O) groups is 1. The van der Waals surface area contributed by atoms with E-state index in [4.69, 9.17) is 5.73 Å². The number of para-hydroxylation sites is 1. The first kappa shape index (κ1) is 21.0. The van der Waals surface area contributed by atoms with Gasteiger partial charge in [0.15, 0.2) is 0 Å². The Kier molecular flexibility index (Phi) is 7.77. The number of amides is 1. The van der Waals surface area contributed by atoms with Crippen molar-refractivity contribution in [1.29, 1.82) is 0 Å². The van der Waals surface area contributed by atoms with Crippen molar-refractivity contribution in [2.75, 3.05) is 37.6 Å². The summed E-state index contributed by atoms with van der Waals surface area (Å²) in [7, 11) is 0. The highest BCUT2D eigenvalue weighted by Crippen LogP contribution is 2.39. The van der Waals surface area contributed by atoms with Crippen LogP contribution in [0.15, 0.2) is 24.3 Å². The molecule has 2 aliphatic rings. The van der Waals surface area contributed by atoms with E-state index in [0.717, 1.165) is 25.7 Å².